The molecule has 1 N–H and O–H groups in total. The van der Waals surface area contributed by atoms with Gasteiger partial charge in [0.05, 0.1) is 22.8 Å². The van der Waals surface area contributed by atoms with Crippen LogP contribution in [0, 0.1) is 5.82 Å². The zero-order valence-corrected chi connectivity index (χ0v) is 17.0. The van der Waals surface area contributed by atoms with Gasteiger partial charge in [-0.25, -0.2) is 13.9 Å². The van der Waals surface area contributed by atoms with Crippen LogP contribution >= 0.6 is 0 Å². The first kappa shape index (κ1) is 17.7. The third-order valence-electron chi connectivity index (χ3n) is 7.06. The molecule has 6 nitrogen and oxygen atoms in total. The molecule has 2 fully saturated rings. The Balaban J connectivity index is 1.55. The van der Waals surface area contributed by atoms with Crippen LogP contribution in [0.5, 0.6) is 5.75 Å². The van der Waals surface area contributed by atoms with Gasteiger partial charge in [0.25, 0.3) is 0 Å². The van der Waals surface area contributed by atoms with E-state index in [0.29, 0.717) is 6.61 Å². The third-order valence-corrected chi connectivity index (χ3v) is 7.06. The second kappa shape index (κ2) is 5.97. The van der Waals surface area contributed by atoms with Crippen LogP contribution in [-0.4, -0.2) is 33.8 Å². The number of hydrogen-bond acceptors (Lipinski definition) is 5. The second-order valence-electron chi connectivity index (χ2n) is 8.87. The lowest BCUT2D eigenvalue weighted by atomic mass is 9.77. The van der Waals surface area contributed by atoms with Crippen LogP contribution in [-0.2, 0) is 5.54 Å². The van der Waals surface area contributed by atoms with Gasteiger partial charge in [-0.3, -0.25) is 0 Å². The summed E-state index contributed by atoms with van der Waals surface area (Å²) in [5.74, 6) is 1.33. The molecule has 7 heteroatoms. The maximum atomic E-state index is 14.3. The number of nitrogens with one attached hydrogen (secondary N) is 1. The minimum Gasteiger partial charge on any atom is -0.491 e. The van der Waals surface area contributed by atoms with Gasteiger partial charge in [0.1, 0.15) is 24.0 Å². The van der Waals surface area contributed by atoms with Gasteiger partial charge in [0.2, 0.25) is 0 Å². The number of rotatable bonds is 0. The third kappa shape index (κ3) is 2.47. The summed E-state index contributed by atoms with van der Waals surface area (Å²) >= 11 is 0. The fourth-order valence-electron chi connectivity index (χ4n) is 4.89. The van der Waals surface area contributed by atoms with Crippen LogP contribution in [0.2, 0.25) is 0 Å². The SMILES string of the molecule is C=C1NC2(CCC2)COc2ccc(F)cc2C2(CC2)N(C)c2ccn3ncc1c3n2. The normalized spacial score (nSPS) is 21.3. The summed E-state index contributed by atoms with van der Waals surface area (Å²) in [6, 6.07) is 6.83. The fourth-order valence-corrected chi connectivity index (χ4v) is 4.89. The Morgan fingerprint density at radius 3 is 2.77 bits per heavy atom. The van der Waals surface area contributed by atoms with Crippen LogP contribution in [0.4, 0.5) is 10.2 Å². The van der Waals surface area contributed by atoms with E-state index >= 15 is 0 Å². The number of anilines is 1. The number of benzene rings is 1. The van der Waals surface area contributed by atoms with Gasteiger partial charge in [-0.1, -0.05) is 6.58 Å². The molecular weight excluding hydrogens is 381 g/mol. The zero-order chi connectivity index (χ0) is 20.5. The summed E-state index contributed by atoms with van der Waals surface area (Å²) in [5.41, 5.74) is 2.87. The van der Waals surface area contributed by atoms with E-state index in [4.69, 9.17) is 9.72 Å². The summed E-state index contributed by atoms with van der Waals surface area (Å²) in [4.78, 5) is 7.08. The number of fused-ring (bicyclic) bond motifs is 3. The van der Waals surface area contributed by atoms with Crippen LogP contribution in [0.3, 0.4) is 0 Å². The zero-order valence-electron chi connectivity index (χ0n) is 17.0. The average Bonchev–Trinajstić information content (AvgIpc) is 3.41. The van der Waals surface area contributed by atoms with Crippen LogP contribution in [0.25, 0.3) is 11.3 Å². The van der Waals surface area contributed by atoms with E-state index in [0.717, 1.165) is 66.1 Å². The van der Waals surface area contributed by atoms with Gasteiger partial charge in [0.15, 0.2) is 5.65 Å². The van der Waals surface area contributed by atoms with Crippen molar-refractivity contribution in [2.75, 3.05) is 18.6 Å². The molecule has 1 aromatic carbocycles. The Hall–Kier alpha value is -3.09. The van der Waals surface area contributed by atoms with Gasteiger partial charge >= 0.3 is 0 Å². The molecule has 0 atom stereocenters. The molecule has 2 bridgehead atoms. The Morgan fingerprint density at radius 2 is 2.03 bits per heavy atom. The molecule has 1 aliphatic heterocycles. The lowest BCUT2D eigenvalue weighted by Crippen LogP contribution is -2.54. The van der Waals surface area contributed by atoms with Crippen molar-refractivity contribution in [2.45, 2.75) is 43.2 Å². The van der Waals surface area contributed by atoms with E-state index in [2.05, 4.69) is 21.9 Å². The van der Waals surface area contributed by atoms with E-state index in [1.807, 2.05) is 25.5 Å². The monoisotopic (exact) mass is 405 g/mol. The molecule has 3 heterocycles. The fraction of sp³-hybridized carbons (Fsp3) is 0.391. The summed E-state index contributed by atoms with van der Waals surface area (Å²) < 4.78 is 22.4. The molecule has 2 aromatic heterocycles. The van der Waals surface area contributed by atoms with Crippen molar-refractivity contribution < 1.29 is 9.13 Å². The standard InChI is InChI=1S/C23H24FN5O/c1-15-17-13-25-29-11-6-20(26-21(17)29)28(2)23(9-10-23)18-12-16(24)4-5-19(18)30-14-22(27-15)7-3-8-22/h4-6,11-13,27H,1,3,7-10,14H2,2H3. The molecule has 6 rings (SSSR count). The summed E-state index contributed by atoms with van der Waals surface area (Å²) in [6.45, 7) is 4.80. The molecule has 0 saturated heterocycles. The number of hydrogen-bond donors (Lipinski definition) is 1. The first-order valence-electron chi connectivity index (χ1n) is 10.5. The molecule has 3 aliphatic rings. The predicted octanol–water partition coefficient (Wildman–Crippen LogP) is 3.87. The molecule has 154 valence electrons. The Bertz CT molecular complexity index is 1180. The van der Waals surface area contributed by atoms with E-state index in [1.54, 1.807) is 16.6 Å². The molecule has 2 aliphatic carbocycles. The number of halogens is 1. The summed E-state index contributed by atoms with van der Waals surface area (Å²) in [6.07, 6.45) is 8.74. The van der Waals surface area contributed by atoms with Crippen molar-refractivity contribution in [2.24, 2.45) is 0 Å². The van der Waals surface area contributed by atoms with Crippen molar-refractivity contribution in [1.82, 2.24) is 19.9 Å². The highest BCUT2D eigenvalue weighted by Crippen LogP contribution is 2.54. The lowest BCUT2D eigenvalue weighted by Gasteiger charge is -2.43. The molecule has 2 saturated carbocycles. The molecule has 3 aromatic rings. The summed E-state index contributed by atoms with van der Waals surface area (Å²) in [7, 11) is 2.02. The molecule has 0 unspecified atom stereocenters. The Kier molecular flexibility index (Phi) is 3.53. The van der Waals surface area contributed by atoms with Gasteiger partial charge in [0, 0.05) is 24.5 Å². The Labute approximate surface area is 174 Å². The van der Waals surface area contributed by atoms with Crippen molar-refractivity contribution in [3.05, 3.63) is 60.2 Å². The topological polar surface area (TPSA) is 54.7 Å². The van der Waals surface area contributed by atoms with Crippen LogP contribution in [0.15, 0.2) is 43.2 Å². The molecule has 30 heavy (non-hydrogen) atoms. The first-order valence-corrected chi connectivity index (χ1v) is 10.5. The minimum atomic E-state index is -0.311. The van der Waals surface area contributed by atoms with Crippen LogP contribution in [0.1, 0.15) is 43.2 Å². The maximum absolute atomic E-state index is 14.3. The molecule has 0 amide bonds. The smallest absolute Gasteiger partial charge is 0.166 e. The lowest BCUT2D eigenvalue weighted by molar-refractivity contribution is 0.118. The maximum Gasteiger partial charge on any atom is 0.166 e. The number of nitrogens with zero attached hydrogens (tertiary/aromatic N) is 4. The minimum absolute atomic E-state index is 0.175. The highest BCUT2D eigenvalue weighted by atomic mass is 19.1. The first-order chi connectivity index (χ1) is 14.5. The van der Waals surface area contributed by atoms with Crippen LogP contribution < -0.4 is 15.0 Å². The van der Waals surface area contributed by atoms with E-state index in [1.165, 1.54) is 6.07 Å². The quantitative estimate of drug-likeness (QED) is 0.615. The van der Waals surface area contributed by atoms with Gasteiger partial charge < -0.3 is 15.0 Å². The predicted molar refractivity (Wildman–Crippen MR) is 113 cm³/mol. The second-order valence-corrected chi connectivity index (χ2v) is 8.87. The number of aromatic nitrogens is 3. The highest BCUT2D eigenvalue weighted by molar-refractivity contribution is 5.74. The van der Waals surface area contributed by atoms with Crippen molar-refractivity contribution >= 4 is 17.2 Å². The Morgan fingerprint density at radius 1 is 1.20 bits per heavy atom. The van der Waals surface area contributed by atoms with Gasteiger partial charge in [-0.05, 0) is 56.4 Å². The van der Waals surface area contributed by atoms with Crippen molar-refractivity contribution in [1.29, 1.82) is 0 Å². The van der Waals surface area contributed by atoms with Gasteiger partial charge in [-0.15, -0.1) is 0 Å². The molecule has 2 spiro atoms. The van der Waals surface area contributed by atoms with Crippen molar-refractivity contribution in [3.8, 4) is 5.75 Å². The molecular formula is C23H24FN5O. The highest BCUT2D eigenvalue weighted by Gasteiger charge is 2.51. The average molecular weight is 405 g/mol. The van der Waals surface area contributed by atoms with Crippen molar-refractivity contribution in [3.63, 3.8) is 0 Å². The van der Waals surface area contributed by atoms with E-state index < -0.39 is 0 Å². The number of ether oxygens (including phenoxy) is 1. The van der Waals surface area contributed by atoms with Gasteiger partial charge in [-0.2, -0.15) is 5.10 Å². The largest absolute Gasteiger partial charge is 0.491 e. The van der Waals surface area contributed by atoms with E-state index in [9.17, 15) is 4.39 Å². The van der Waals surface area contributed by atoms with E-state index in [-0.39, 0.29) is 16.9 Å². The molecule has 0 radical (unpaired) electrons. The summed E-state index contributed by atoms with van der Waals surface area (Å²) in [5, 5.41) is 8.07.